The van der Waals surface area contributed by atoms with Gasteiger partial charge in [0.15, 0.2) is 0 Å². The average Bonchev–Trinajstić information content (AvgIpc) is 2.13. The van der Waals surface area contributed by atoms with Gasteiger partial charge in [0, 0.05) is 18.8 Å². The molecule has 0 spiro atoms. The Morgan fingerprint density at radius 3 is 2.42 bits per heavy atom. The Hall–Kier alpha value is -1.32. The molecule has 1 heterocycles. The van der Waals surface area contributed by atoms with Crippen LogP contribution < -0.4 is 11.1 Å². The summed E-state index contributed by atoms with van der Waals surface area (Å²) in [5.41, 5.74) is 6.41. The molecule has 0 aliphatic heterocycles. The lowest BCUT2D eigenvalue weighted by atomic mass is 10.4. The Kier molecular flexibility index (Phi) is 4.76. The quantitative estimate of drug-likeness (QED) is 0.666. The van der Waals surface area contributed by atoms with E-state index in [9.17, 15) is 0 Å². The van der Waals surface area contributed by atoms with Crippen molar-refractivity contribution in [3.05, 3.63) is 11.8 Å². The van der Waals surface area contributed by atoms with E-state index < -0.39 is 0 Å². The van der Waals surface area contributed by atoms with Crippen molar-refractivity contribution in [2.24, 2.45) is 0 Å². The first-order valence-electron chi connectivity index (χ1n) is 4.01. The number of anilines is 2. The Labute approximate surface area is 73.2 Å². The summed E-state index contributed by atoms with van der Waals surface area (Å²) >= 11 is 0. The van der Waals surface area contributed by atoms with Gasteiger partial charge in [0.2, 0.25) is 5.95 Å². The number of nitrogens with two attached hydrogens (primary N) is 1. The minimum Gasteiger partial charge on any atom is -0.383 e. The first kappa shape index (κ1) is 10.7. The molecule has 0 atom stereocenters. The molecule has 0 amide bonds. The fourth-order valence-corrected chi connectivity index (χ4v) is 0.576. The van der Waals surface area contributed by atoms with E-state index >= 15 is 0 Å². The van der Waals surface area contributed by atoms with Crippen molar-refractivity contribution in [1.29, 1.82) is 0 Å². The third-order valence-electron chi connectivity index (χ3n) is 1.23. The van der Waals surface area contributed by atoms with Gasteiger partial charge in [0.05, 0.1) is 0 Å². The summed E-state index contributed by atoms with van der Waals surface area (Å²) in [5.74, 6) is 1.09. The van der Waals surface area contributed by atoms with Crippen LogP contribution in [0.4, 0.5) is 11.8 Å². The Morgan fingerprint density at radius 1 is 1.42 bits per heavy atom. The van der Waals surface area contributed by atoms with Crippen LogP contribution in [0.25, 0.3) is 0 Å². The fourth-order valence-electron chi connectivity index (χ4n) is 0.576. The maximum Gasteiger partial charge on any atom is 0.224 e. The first-order chi connectivity index (χ1) is 5.74. The molecular weight excluding hydrogens is 152 g/mol. The topological polar surface area (TPSA) is 63.8 Å². The number of nitrogens with zero attached hydrogens (tertiary/aromatic N) is 2. The highest BCUT2D eigenvalue weighted by atomic mass is 15.1. The summed E-state index contributed by atoms with van der Waals surface area (Å²) in [7, 11) is 1.75. The van der Waals surface area contributed by atoms with E-state index in [1.807, 2.05) is 20.8 Å². The minimum absolute atomic E-state index is 0.527. The molecule has 0 radical (unpaired) electrons. The lowest BCUT2D eigenvalue weighted by Crippen LogP contribution is -2.01. The molecule has 0 aromatic carbocycles. The molecule has 0 saturated heterocycles. The van der Waals surface area contributed by atoms with Crippen molar-refractivity contribution in [3.8, 4) is 0 Å². The van der Waals surface area contributed by atoms with Crippen LogP contribution in [0.15, 0.2) is 6.20 Å². The summed E-state index contributed by atoms with van der Waals surface area (Å²) in [6.45, 7) is 5.87. The van der Waals surface area contributed by atoms with Crippen molar-refractivity contribution >= 4 is 11.8 Å². The number of rotatable bonds is 1. The normalized spacial score (nSPS) is 8.33. The van der Waals surface area contributed by atoms with Crippen LogP contribution in [0.5, 0.6) is 0 Å². The van der Waals surface area contributed by atoms with Gasteiger partial charge < -0.3 is 11.1 Å². The van der Waals surface area contributed by atoms with Gasteiger partial charge in [-0.25, -0.2) is 4.98 Å². The molecule has 4 nitrogen and oxygen atoms in total. The highest BCUT2D eigenvalue weighted by Crippen LogP contribution is 2.06. The van der Waals surface area contributed by atoms with Gasteiger partial charge in [-0.15, -0.1) is 0 Å². The van der Waals surface area contributed by atoms with Crippen LogP contribution in [0.2, 0.25) is 0 Å². The van der Waals surface area contributed by atoms with Gasteiger partial charge >= 0.3 is 0 Å². The number of nitrogen functional groups attached to an aromatic ring is 1. The maximum atomic E-state index is 5.51. The third kappa shape index (κ3) is 2.74. The van der Waals surface area contributed by atoms with Crippen molar-refractivity contribution in [1.82, 2.24) is 9.97 Å². The monoisotopic (exact) mass is 168 g/mol. The van der Waals surface area contributed by atoms with Gasteiger partial charge in [-0.05, 0) is 6.92 Å². The summed E-state index contributed by atoms with van der Waals surface area (Å²) in [5, 5.41) is 2.79. The van der Waals surface area contributed by atoms with Crippen molar-refractivity contribution in [2.45, 2.75) is 20.8 Å². The van der Waals surface area contributed by atoms with Gasteiger partial charge in [-0.3, -0.25) is 0 Å². The maximum absolute atomic E-state index is 5.51. The van der Waals surface area contributed by atoms with E-state index in [4.69, 9.17) is 5.73 Å². The van der Waals surface area contributed by atoms with Crippen molar-refractivity contribution < 1.29 is 0 Å². The zero-order valence-corrected chi connectivity index (χ0v) is 8.05. The van der Waals surface area contributed by atoms with Crippen LogP contribution in [0.1, 0.15) is 19.4 Å². The highest BCUT2D eigenvalue weighted by Gasteiger charge is 1.95. The molecule has 4 heteroatoms. The molecule has 68 valence electrons. The number of aromatic nitrogens is 2. The standard InChI is InChI=1S/C6H10N4.C2H6/c1-4-3-9-6(8-2)10-5(4)7;1-2/h3H,1-2H3,(H3,7,8,9,10);1-2H3. The van der Waals surface area contributed by atoms with Crippen LogP contribution in [0.3, 0.4) is 0 Å². The van der Waals surface area contributed by atoms with Gasteiger partial charge in [-0.1, -0.05) is 13.8 Å². The van der Waals surface area contributed by atoms with Crippen molar-refractivity contribution in [2.75, 3.05) is 18.1 Å². The second-order valence-corrected chi connectivity index (χ2v) is 2.01. The average molecular weight is 168 g/mol. The number of hydrogen-bond donors (Lipinski definition) is 2. The van der Waals surface area contributed by atoms with E-state index in [1.165, 1.54) is 0 Å². The summed E-state index contributed by atoms with van der Waals surface area (Å²) in [4.78, 5) is 7.90. The van der Waals surface area contributed by atoms with Gasteiger partial charge in [-0.2, -0.15) is 4.98 Å². The number of aryl methyl sites for hydroxylation is 1. The molecule has 0 aliphatic carbocycles. The van der Waals surface area contributed by atoms with Gasteiger partial charge in [0.25, 0.3) is 0 Å². The second kappa shape index (κ2) is 5.35. The van der Waals surface area contributed by atoms with Crippen LogP contribution in [-0.2, 0) is 0 Å². The Balaban J connectivity index is 0.000000561. The third-order valence-corrected chi connectivity index (χ3v) is 1.23. The number of hydrogen-bond acceptors (Lipinski definition) is 4. The first-order valence-corrected chi connectivity index (χ1v) is 4.01. The molecule has 1 aromatic rings. The van der Waals surface area contributed by atoms with Crippen LogP contribution >= 0.6 is 0 Å². The summed E-state index contributed by atoms with van der Waals surface area (Å²) in [6, 6.07) is 0. The smallest absolute Gasteiger partial charge is 0.224 e. The molecule has 0 unspecified atom stereocenters. The van der Waals surface area contributed by atoms with Gasteiger partial charge in [0.1, 0.15) is 5.82 Å². The second-order valence-electron chi connectivity index (χ2n) is 2.01. The molecule has 3 N–H and O–H groups in total. The summed E-state index contributed by atoms with van der Waals surface area (Å²) < 4.78 is 0. The summed E-state index contributed by atoms with van der Waals surface area (Å²) in [6.07, 6.45) is 1.69. The molecule has 0 fully saturated rings. The van der Waals surface area contributed by atoms with E-state index in [0.29, 0.717) is 11.8 Å². The Bertz CT molecular complexity index is 234. The molecular formula is C8H16N4. The predicted octanol–water partition coefficient (Wildman–Crippen LogP) is 1.44. The minimum atomic E-state index is 0.527. The molecule has 1 aromatic heterocycles. The van der Waals surface area contributed by atoms with E-state index in [1.54, 1.807) is 13.2 Å². The van der Waals surface area contributed by atoms with Crippen molar-refractivity contribution in [3.63, 3.8) is 0 Å². The molecule has 0 bridgehead atoms. The zero-order valence-electron chi connectivity index (χ0n) is 8.05. The molecule has 0 aliphatic rings. The lowest BCUT2D eigenvalue weighted by Gasteiger charge is -2.00. The van der Waals surface area contributed by atoms with E-state index in [-0.39, 0.29) is 0 Å². The number of nitrogens with one attached hydrogen (secondary N) is 1. The Morgan fingerprint density at radius 2 is 2.00 bits per heavy atom. The molecule has 1 rings (SSSR count). The molecule has 0 saturated carbocycles. The van der Waals surface area contributed by atoms with E-state index in [0.717, 1.165) is 5.56 Å². The van der Waals surface area contributed by atoms with E-state index in [2.05, 4.69) is 15.3 Å². The predicted molar refractivity (Wildman–Crippen MR) is 52.1 cm³/mol. The highest BCUT2D eigenvalue weighted by molar-refractivity contribution is 5.41. The largest absolute Gasteiger partial charge is 0.383 e. The molecule has 12 heavy (non-hydrogen) atoms. The SMILES string of the molecule is CC.CNc1ncc(C)c(N)n1. The zero-order chi connectivity index (χ0) is 9.56. The fraction of sp³-hybridized carbons (Fsp3) is 0.500. The van der Waals surface area contributed by atoms with Crippen LogP contribution in [-0.4, -0.2) is 17.0 Å². The van der Waals surface area contributed by atoms with Crippen LogP contribution in [0, 0.1) is 6.92 Å². The lowest BCUT2D eigenvalue weighted by molar-refractivity contribution is 1.13.